The summed E-state index contributed by atoms with van der Waals surface area (Å²) in [4.78, 5) is 68.3. The molecule has 2 aromatic rings. The highest BCUT2D eigenvalue weighted by atomic mass is 16.7. The average molecular weight is 592 g/mol. The van der Waals surface area contributed by atoms with Crippen LogP contribution in [0.3, 0.4) is 0 Å². The Morgan fingerprint density at radius 3 is 2.37 bits per heavy atom. The summed E-state index contributed by atoms with van der Waals surface area (Å²) < 4.78 is 5.02. The molecule has 2 amide bonds. The Labute approximate surface area is 247 Å². The number of aliphatic carboxylic acids is 1. The van der Waals surface area contributed by atoms with Gasteiger partial charge in [0.2, 0.25) is 11.8 Å². The Bertz CT molecular complexity index is 1480. The number of anilines is 1. The molecule has 2 aliphatic heterocycles. The van der Waals surface area contributed by atoms with Crippen molar-refractivity contribution in [2.24, 2.45) is 5.73 Å². The van der Waals surface area contributed by atoms with E-state index in [1.165, 1.54) is 15.5 Å². The molecule has 43 heavy (non-hydrogen) atoms. The van der Waals surface area contributed by atoms with Crippen molar-refractivity contribution in [2.45, 2.75) is 55.6 Å². The molecule has 226 valence electrons. The number of hydrogen-bond donors (Lipinski definition) is 3. The van der Waals surface area contributed by atoms with Crippen LogP contribution in [0.1, 0.15) is 48.8 Å². The number of esters is 1. The third-order valence-corrected chi connectivity index (χ3v) is 8.35. The van der Waals surface area contributed by atoms with Gasteiger partial charge in [-0.1, -0.05) is 54.6 Å². The minimum atomic E-state index is -2.77. The van der Waals surface area contributed by atoms with Gasteiger partial charge in [-0.3, -0.25) is 24.1 Å². The third kappa shape index (κ3) is 6.15. The van der Waals surface area contributed by atoms with Crippen LogP contribution in [0.15, 0.2) is 54.6 Å². The first-order valence-corrected chi connectivity index (χ1v) is 14.1. The lowest BCUT2D eigenvalue weighted by atomic mass is 9.75. The number of carboxylic acids is 1. The first kappa shape index (κ1) is 29.9. The SMILES string of the molecule is NC(=O)[C@@H]1Cc2ccccc2N1C(=O)CCOC(=O)CC(O)(CC(=O)ON1CCC2(C=Cc3ccccc32)CC1)C(=O)O. The van der Waals surface area contributed by atoms with Gasteiger partial charge in [0.15, 0.2) is 5.60 Å². The number of carboxylic acid groups (broad SMARTS) is 1. The van der Waals surface area contributed by atoms with E-state index in [1.54, 1.807) is 24.3 Å². The number of allylic oxidation sites excluding steroid dienone is 1. The van der Waals surface area contributed by atoms with E-state index in [0.717, 1.165) is 11.1 Å². The Morgan fingerprint density at radius 1 is 0.977 bits per heavy atom. The highest BCUT2D eigenvalue weighted by Gasteiger charge is 2.44. The van der Waals surface area contributed by atoms with Crippen LogP contribution in [-0.4, -0.2) is 76.3 Å². The number of nitrogens with two attached hydrogens (primary N) is 1. The van der Waals surface area contributed by atoms with Crippen LogP contribution in [0.25, 0.3) is 6.08 Å². The van der Waals surface area contributed by atoms with Crippen LogP contribution < -0.4 is 10.6 Å². The lowest BCUT2D eigenvalue weighted by Gasteiger charge is -2.38. The minimum absolute atomic E-state index is 0.147. The first-order valence-electron chi connectivity index (χ1n) is 14.1. The summed E-state index contributed by atoms with van der Waals surface area (Å²) in [7, 11) is 0. The number of amides is 2. The minimum Gasteiger partial charge on any atom is -0.479 e. The fraction of sp³-hybridized carbons (Fsp3) is 0.387. The molecular weight excluding hydrogens is 558 g/mol. The lowest BCUT2D eigenvalue weighted by molar-refractivity contribution is -0.204. The zero-order chi connectivity index (χ0) is 30.8. The summed E-state index contributed by atoms with van der Waals surface area (Å²) >= 11 is 0. The maximum absolute atomic E-state index is 12.9. The van der Waals surface area contributed by atoms with E-state index in [0.29, 0.717) is 31.6 Å². The molecule has 0 bridgehead atoms. The number of hydrogen-bond acceptors (Lipinski definition) is 9. The summed E-state index contributed by atoms with van der Waals surface area (Å²) in [6.07, 6.45) is 3.56. The average Bonchev–Trinajstić information content (AvgIpc) is 3.53. The van der Waals surface area contributed by atoms with E-state index < -0.39 is 60.8 Å². The van der Waals surface area contributed by atoms with E-state index in [2.05, 4.69) is 24.3 Å². The highest BCUT2D eigenvalue weighted by Crippen LogP contribution is 2.43. The van der Waals surface area contributed by atoms with Crippen LogP contribution in [0, 0.1) is 0 Å². The molecule has 1 aliphatic carbocycles. The van der Waals surface area contributed by atoms with Gasteiger partial charge in [0.05, 0.1) is 19.3 Å². The molecular formula is C31H33N3O9. The summed E-state index contributed by atoms with van der Waals surface area (Å²) in [6, 6.07) is 14.2. The van der Waals surface area contributed by atoms with Gasteiger partial charge >= 0.3 is 17.9 Å². The maximum Gasteiger partial charge on any atom is 0.336 e. The summed E-state index contributed by atoms with van der Waals surface area (Å²) in [6.45, 7) is 0.378. The largest absolute Gasteiger partial charge is 0.479 e. The van der Waals surface area contributed by atoms with Gasteiger partial charge in [-0.25, -0.2) is 4.79 Å². The number of fused-ring (bicyclic) bond motifs is 3. The Morgan fingerprint density at radius 2 is 1.65 bits per heavy atom. The van der Waals surface area contributed by atoms with Crippen molar-refractivity contribution >= 4 is 41.5 Å². The molecule has 2 heterocycles. The van der Waals surface area contributed by atoms with Gasteiger partial charge in [0.25, 0.3) is 0 Å². The van der Waals surface area contributed by atoms with E-state index >= 15 is 0 Å². The van der Waals surface area contributed by atoms with Crippen molar-refractivity contribution in [3.8, 4) is 0 Å². The normalized spacial score (nSPS) is 19.7. The molecule has 0 saturated carbocycles. The summed E-state index contributed by atoms with van der Waals surface area (Å²) in [5.41, 5.74) is 6.26. The topological polar surface area (TPSA) is 177 Å². The van der Waals surface area contributed by atoms with Crippen molar-refractivity contribution in [1.29, 1.82) is 0 Å². The van der Waals surface area contributed by atoms with Crippen LogP contribution in [-0.2, 0) is 45.4 Å². The van der Waals surface area contributed by atoms with Gasteiger partial charge in [-0.15, -0.1) is 5.06 Å². The van der Waals surface area contributed by atoms with E-state index in [9.17, 15) is 34.2 Å². The van der Waals surface area contributed by atoms with Gasteiger partial charge < -0.3 is 25.5 Å². The summed E-state index contributed by atoms with van der Waals surface area (Å²) in [5.74, 6) is -5.11. The number of hydroxylamine groups is 2. The number of piperidine rings is 1. The van der Waals surface area contributed by atoms with Gasteiger partial charge in [0.1, 0.15) is 12.6 Å². The molecule has 5 rings (SSSR count). The molecule has 1 spiro atoms. The van der Waals surface area contributed by atoms with Crippen molar-refractivity contribution in [1.82, 2.24) is 5.06 Å². The standard InChI is InChI=1S/C31H33N3O9/c32-28(38)24-17-21-6-2-4-8-23(21)34(24)25(35)10-16-42-26(36)18-31(41,29(39)40)19-27(37)43-33-14-12-30(13-15-33)11-9-20-5-1-3-7-22(20)30/h1-9,11,24,41H,10,12-19H2,(H2,32,38)(H,39,40)/t24-,31?/m0/s1. The molecule has 2 aromatic carbocycles. The Kier molecular flexibility index (Phi) is 8.34. The first-order chi connectivity index (χ1) is 20.5. The predicted molar refractivity (Wildman–Crippen MR) is 152 cm³/mol. The van der Waals surface area contributed by atoms with Gasteiger partial charge in [-0.05, 0) is 35.6 Å². The number of para-hydroxylation sites is 1. The smallest absolute Gasteiger partial charge is 0.336 e. The van der Waals surface area contributed by atoms with Crippen molar-refractivity contribution in [3.05, 3.63) is 71.3 Å². The molecule has 0 aromatic heterocycles. The quantitative estimate of drug-likeness (QED) is 0.343. The molecule has 3 aliphatic rings. The fourth-order valence-electron chi connectivity index (χ4n) is 6.06. The van der Waals surface area contributed by atoms with E-state index in [4.69, 9.17) is 15.3 Å². The lowest BCUT2D eigenvalue weighted by Crippen LogP contribution is -2.47. The van der Waals surface area contributed by atoms with Gasteiger partial charge in [-0.2, -0.15) is 0 Å². The van der Waals surface area contributed by atoms with E-state index in [1.807, 2.05) is 12.1 Å². The van der Waals surface area contributed by atoms with Gasteiger partial charge in [0, 0.05) is 30.6 Å². The highest BCUT2D eigenvalue weighted by molar-refractivity contribution is 6.03. The van der Waals surface area contributed by atoms with Crippen LogP contribution in [0.4, 0.5) is 5.69 Å². The number of carbonyl (C=O) groups excluding carboxylic acids is 4. The zero-order valence-corrected chi connectivity index (χ0v) is 23.4. The molecule has 1 unspecified atom stereocenters. The van der Waals surface area contributed by atoms with Crippen LogP contribution >= 0.6 is 0 Å². The number of ether oxygens (including phenoxy) is 1. The van der Waals surface area contributed by atoms with Crippen LogP contribution in [0.2, 0.25) is 0 Å². The third-order valence-electron chi connectivity index (χ3n) is 8.35. The van der Waals surface area contributed by atoms with Crippen LogP contribution in [0.5, 0.6) is 0 Å². The monoisotopic (exact) mass is 591 g/mol. The van der Waals surface area contributed by atoms with Crippen molar-refractivity contribution in [2.75, 3.05) is 24.6 Å². The number of rotatable bonds is 10. The number of benzene rings is 2. The molecule has 4 N–H and O–H groups in total. The molecule has 12 nitrogen and oxygen atoms in total. The molecule has 1 fully saturated rings. The second kappa shape index (κ2) is 12.0. The second-order valence-electron chi connectivity index (χ2n) is 11.1. The zero-order valence-electron chi connectivity index (χ0n) is 23.4. The second-order valence-corrected chi connectivity index (χ2v) is 11.1. The summed E-state index contributed by atoms with van der Waals surface area (Å²) in [5, 5.41) is 21.7. The van der Waals surface area contributed by atoms with Crippen molar-refractivity contribution < 1.29 is 43.8 Å². The Balaban J connectivity index is 1.10. The van der Waals surface area contributed by atoms with Crippen molar-refractivity contribution in [3.63, 3.8) is 0 Å². The molecule has 2 atom stereocenters. The predicted octanol–water partition coefficient (Wildman–Crippen LogP) is 1.48. The number of primary amides is 1. The maximum atomic E-state index is 12.9. The molecule has 1 saturated heterocycles. The molecule has 12 heteroatoms. The Hall–Kier alpha value is -4.55. The molecule has 0 radical (unpaired) electrons. The number of aliphatic hydroxyl groups is 1. The number of carbonyl (C=O) groups is 5. The fourth-order valence-corrected chi connectivity index (χ4v) is 6.06. The van der Waals surface area contributed by atoms with E-state index in [-0.39, 0.29) is 18.3 Å². The number of nitrogens with zero attached hydrogens (tertiary/aromatic N) is 2.